The summed E-state index contributed by atoms with van der Waals surface area (Å²) in [7, 11) is -2.36. The molecule has 3 heteroatoms. The van der Waals surface area contributed by atoms with Gasteiger partial charge in [-0.2, -0.15) is 0 Å². The van der Waals surface area contributed by atoms with Gasteiger partial charge in [-0.15, -0.1) is 0 Å². The summed E-state index contributed by atoms with van der Waals surface area (Å²) in [6.07, 6.45) is 6.88. The van der Waals surface area contributed by atoms with Crippen LogP contribution in [0.4, 0.5) is 0 Å². The maximum atomic E-state index is 4.36. The average molecular weight is 425 g/mol. The van der Waals surface area contributed by atoms with Crippen molar-refractivity contribution in [3.05, 3.63) is 109 Å². The third kappa shape index (κ3) is 4.28. The van der Waals surface area contributed by atoms with Gasteiger partial charge in [0, 0.05) is 18.6 Å². The quantitative estimate of drug-likeness (QED) is 0.307. The fourth-order valence-electron chi connectivity index (χ4n) is 4.48. The van der Waals surface area contributed by atoms with Crippen LogP contribution < -0.4 is 15.6 Å². The van der Waals surface area contributed by atoms with E-state index >= 15 is 0 Å². The van der Waals surface area contributed by atoms with Gasteiger partial charge in [0.1, 0.15) is 0 Å². The Kier molecular flexibility index (Phi) is 6.24. The Morgan fingerprint density at radius 2 is 1.26 bits per heavy atom. The van der Waals surface area contributed by atoms with Crippen molar-refractivity contribution in [2.45, 2.75) is 45.7 Å². The Morgan fingerprint density at radius 3 is 1.74 bits per heavy atom. The molecule has 0 saturated carbocycles. The largest absolute Gasteiger partial charge is 0.339 e. The highest BCUT2D eigenvalue weighted by Gasteiger charge is 2.40. The lowest BCUT2D eigenvalue weighted by atomic mass is 10.0. The van der Waals surface area contributed by atoms with Gasteiger partial charge in [-0.1, -0.05) is 107 Å². The molecule has 0 unspecified atom stereocenters. The summed E-state index contributed by atoms with van der Waals surface area (Å²) < 4.78 is 2.27. The van der Waals surface area contributed by atoms with E-state index in [-0.39, 0.29) is 0 Å². The predicted octanol–water partition coefficient (Wildman–Crippen LogP) is 4.84. The normalized spacial score (nSPS) is 11.9. The molecule has 4 rings (SSSR count). The summed E-state index contributed by atoms with van der Waals surface area (Å²) >= 11 is 0. The average Bonchev–Trinajstić information content (AvgIpc) is 3.31. The first kappa shape index (κ1) is 21.3. The molecule has 0 spiro atoms. The van der Waals surface area contributed by atoms with Gasteiger partial charge in [-0.25, -0.2) is 4.98 Å². The molecule has 0 bridgehead atoms. The number of rotatable bonds is 7. The van der Waals surface area contributed by atoms with Crippen molar-refractivity contribution < 1.29 is 0 Å². The van der Waals surface area contributed by atoms with E-state index in [1.165, 1.54) is 26.7 Å². The molecule has 3 aromatic carbocycles. The fraction of sp³-hybridized carbons (Fsp3) is 0.250. The van der Waals surface area contributed by atoms with Gasteiger partial charge in [0.05, 0.1) is 6.33 Å². The molecule has 0 aliphatic rings. The highest BCUT2D eigenvalue weighted by Crippen LogP contribution is 2.19. The first-order valence-corrected chi connectivity index (χ1v) is 13.4. The standard InChI is InChI=1S/C28H32N2Si/c1-22(2)24-10-8-14-27(18-24)31(21-30-17-16-29-20-30,26-12-6-5-7-13-26)28-15-9-11-25(19-28)23(3)4/h5-20,22-23H,21H2,1-4H3. The zero-order chi connectivity index (χ0) is 21.8. The molecule has 0 saturated heterocycles. The third-order valence-electron chi connectivity index (χ3n) is 6.34. The molecule has 0 N–H and O–H groups in total. The van der Waals surface area contributed by atoms with E-state index in [1.807, 2.05) is 12.5 Å². The van der Waals surface area contributed by atoms with Crippen molar-refractivity contribution in [3.8, 4) is 0 Å². The highest BCUT2D eigenvalue weighted by molar-refractivity contribution is 7.10. The number of nitrogens with zero attached hydrogens (tertiary/aromatic N) is 2. The number of benzene rings is 3. The smallest absolute Gasteiger partial charge is 0.168 e. The SMILES string of the molecule is CC(C)c1cccc([Si](Cn2ccnc2)(c2ccccc2)c2cccc(C(C)C)c2)c1. The van der Waals surface area contributed by atoms with Gasteiger partial charge in [0.15, 0.2) is 8.07 Å². The van der Waals surface area contributed by atoms with E-state index in [9.17, 15) is 0 Å². The molecule has 1 aromatic heterocycles. The van der Waals surface area contributed by atoms with Crippen molar-refractivity contribution in [1.82, 2.24) is 9.55 Å². The van der Waals surface area contributed by atoms with Crippen LogP contribution in [0.1, 0.15) is 50.7 Å². The van der Waals surface area contributed by atoms with E-state index in [1.54, 1.807) is 0 Å². The minimum Gasteiger partial charge on any atom is -0.339 e. The zero-order valence-corrected chi connectivity index (χ0v) is 20.0. The number of hydrogen-bond donors (Lipinski definition) is 0. The van der Waals surface area contributed by atoms with Crippen LogP contribution in [0.25, 0.3) is 0 Å². The van der Waals surface area contributed by atoms with Gasteiger partial charge in [0.25, 0.3) is 0 Å². The minimum atomic E-state index is -2.36. The molecule has 0 fully saturated rings. The molecule has 4 aromatic rings. The Balaban J connectivity index is 2.04. The van der Waals surface area contributed by atoms with Crippen LogP contribution in [0, 0.1) is 0 Å². The molecule has 0 aliphatic carbocycles. The Hall–Kier alpha value is -2.91. The Bertz CT molecular complexity index is 1060. The maximum Gasteiger partial charge on any atom is 0.168 e. The van der Waals surface area contributed by atoms with Gasteiger partial charge >= 0.3 is 0 Å². The molecule has 0 atom stereocenters. The van der Waals surface area contributed by atoms with Crippen LogP contribution in [0.2, 0.25) is 0 Å². The summed E-state index contributed by atoms with van der Waals surface area (Å²) in [5.41, 5.74) is 2.80. The monoisotopic (exact) mass is 424 g/mol. The molecule has 0 radical (unpaired) electrons. The maximum absolute atomic E-state index is 4.36. The summed E-state index contributed by atoms with van der Waals surface area (Å²) in [6.45, 7) is 9.11. The molecule has 2 nitrogen and oxygen atoms in total. The molecular weight excluding hydrogens is 392 g/mol. The van der Waals surface area contributed by atoms with Crippen molar-refractivity contribution >= 4 is 23.6 Å². The van der Waals surface area contributed by atoms with Crippen molar-refractivity contribution in [2.75, 3.05) is 0 Å². The van der Waals surface area contributed by atoms with Crippen LogP contribution >= 0.6 is 0 Å². The minimum absolute atomic E-state index is 0.498. The topological polar surface area (TPSA) is 17.8 Å². The first-order valence-electron chi connectivity index (χ1n) is 11.2. The van der Waals surface area contributed by atoms with E-state index in [4.69, 9.17) is 0 Å². The molecule has 1 heterocycles. The van der Waals surface area contributed by atoms with E-state index in [2.05, 4.69) is 122 Å². The van der Waals surface area contributed by atoms with E-state index in [0.717, 1.165) is 6.17 Å². The number of aromatic nitrogens is 2. The molecule has 0 aliphatic heterocycles. The lowest BCUT2D eigenvalue weighted by Crippen LogP contribution is -2.69. The molecule has 158 valence electrons. The zero-order valence-electron chi connectivity index (χ0n) is 19.0. The van der Waals surface area contributed by atoms with Crippen molar-refractivity contribution in [1.29, 1.82) is 0 Å². The second kappa shape index (κ2) is 9.07. The lowest BCUT2D eigenvalue weighted by molar-refractivity contribution is 0.856. The van der Waals surface area contributed by atoms with Crippen molar-refractivity contribution in [2.24, 2.45) is 0 Å². The van der Waals surface area contributed by atoms with E-state index < -0.39 is 8.07 Å². The van der Waals surface area contributed by atoms with Gasteiger partial charge in [0.2, 0.25) is 0 Å². The molecule has 0 amide bonds. The highest BCUT2D eigenvalue weighted by atomic mass is 28.3. The van der Waals surface area contributed by atoms with Crippen LogP contribution in [-0.2, 0) is 6.17 Å². The molecular formula is C28H32N2Si. The Labute approximate surface area is 187 Å². The number of hydrogen-bond acceptors (Lipinski definition) is 1. The molecule has 31 heavy (non-hydrogen) atoms. The predicted molar refractivity (Wildman–Crippen MR) is 134 cm³/mol. The van der Waals surface area contributed by atoms with E-state index in [0.29, 0.717) is 11.8 Å². The van der Waals surface area contributed by atoms with Crippen LogP contribution in [-0.4, -0.2) is 17.6 Å². The van der Waals surface area contributed by atoms with Gasteiger partial charge in [-0.05, 0) is 38.5 Å². The second-order valence-corrected chi connectivity index (χ2v) is 12.9. The van der Waals surface area contributed by atoms with Crippen molar-refractivity contribution in [3.63, 3.8) is 0 Å². The van der Waals surface area contributed by atoms with Crippen LogP contribution in [0.15, 0.2) is 97.6 Å². The van der Waals surface area contributed by atoms with Gasteiger partial charge < -0.3 is 4.57 Å². The Morgan fingerprint density at radius 1 is 0.710 bits per heavy atom. The summed E-state index contributed by atoms with van der Waals surface area (Å²) in [6, 6.07) is 29.8. The number of imidazole rings is 1. The summed E-state index contributed by atoms with van der Waals surface area (Å²) in [5.74, 6) is 0.996. The lowest BCUT2D eigenvalue weighted by Gasteiger charge is -2.35. The first-order chi connectivity index (χ1) is 15.0. The fourth-order valence-corrected chi connectivity index (χ4v) is 9.11. The third-order valence-corrected chi connectivity index (χ3v) is 11.1. The second-order valence-electron chi connectivity index (χ2n) is 9.07. The van der Waals surface area contributed by atoms with Crippen LogP contribution in [0.5, 0.6) is 0 Å². The van der Waals surface area contributed by atoms with Gasteiger partial charge in [-0.3, -0.25) is 0 Å². The summed E-state index contributed by atoms with van der Waals surface area (Å²) in [5, 5.41) is 4.35. The van der Waals surface area contributed by atoms with Crippen LogP contribution in [0.3, 0.4) is 0 Å². The summed E-state index contributed by atoms with van der Waals surface area (Å²) in [4.78, 5) is 4.36.